The van der Waals surface area contributed by atoms with E-state index >= 15 is 0 Å². The average molecular weight is 410 g/mol. The number of nitrogens with zero attached hydrogens (tertiary/aromatic N) is 2. The van der Waals surface area contributed by atoms with Crippen LogP contribution in [0.15, 0.2) is 53.5 Å². The first-order chi connectivity index (χ1) is 14.5. The van der Waals surface area contributed by atoms with Crippen LogP contribution in [0.4, 0.5) is 14.9 Å². The molecule has 2 N–H and O–H groups in total. The zero-order valence-electron chi connectivity index (χ0n) is 16.6. The fraction of sp³-hybridized carbons (Fsp3) is 0.318. The largest absolute Gasteiger partial charge is 0.381 e. The highest BCUT2D eigenvalue weighted by atomic mass is 19.1. The van der Waals surface area contributed by atoms with Crippen LogP contribution in [0.5, 0.6) is 0 Å². The first-order valence-corrected chi connectivity index (χ1v) is 9.89. The van der Waals surface area contributed by atoms with Gasteiger partial charge in [0.1, 0.15) is 5.82 Å². The molecule has 7 nitrogen and oxygen atoms in total. The highest BCUT2D eigenvalue weighted by Gasteiger charge is 2.32. The quantitative estimate of drug-likeness (QED) is 0.815. The lowest BCUT2D eigenvalue weighted by Gasteiger charge is -2.25. The van der Waals surface area contributed by atoms with Crippen molar-refractivity contribution in [3.63, 3.8) is 0 Å². The molecule has 0 spiro atoms. The Balaban J connectivity index is 1.68. The van der Waals surface area contributed by atoms with Crippen LogP contribution in [0.3, 0.4) is 0 Å². The van der Waals surface area contributed by atoms with Gasteiger partial charge in [-0.15, -0.1) is 0 Å². The van der Waals surface area contributed by atoms with Crippen molar-refractivity contribution >= 4 is 23.3 Å². The summed E-state index contributed by atoms with van der Waals surface area (Å²) < 4.78 is 19.9. The Bertz CT molecular complexity index is 988. The average Bonchev–Trinajstić information content (AvgIpc) is 2.86. The van der Waals surface area contributed by atoms with Gasteiger partial charge in [0, 0.05) is 37.4 Å². The molecule has 2 aliphatic rings. The highest BCUT2D eigenvalue weighted by molar-refractivity contribution is 6.20. The third kappa shape index (κ3) is 4.04. The van der Waals surface area contributed by atoms with Crippen molar-refractivity contribution in [3.8, 4) is 0 Å². The zero-order valence-corrected chi connectivity index (χ0v) is 16.6. The van der Waals surface area contributed by atoms with Crippen molar-refractivity contribution in [2.75, 3.05) is 25.2 Å². The Hall–Kier alpha value is -3.26. The van der Waals surface area contributed by atoms with Crippen LogP contribution in [-0.2, 0) is 9.53 Å². The third-order valence-corrected chi connectivity index (χ3v) is 5.30. The number of benzene rings is 2. The van der Waals surface area contributed by atoms with E-state index in [-0.39, 0.29) is 11.6 Å². The molecule has 4 rings (SSSR count). The summed E-state index contributed by atoms with van der Waals surface area (Å²) in [5.41, 5.74) is 1.80. The number of halogens is 1. The third-order valence-electron chi connectivity index (χ3n) is 5.30. The summed E-state index contributed by atoms with van der Waals surface area (Å²) in [5, 5.41) is 5.51. The summed E-state index contributed by atoms with van der Waals surface area (Å²) in [7, 11) is 1.62. The molecule has 0 saturated carbocycles. The van der Waals surface area contributed by atoms with E-state index in [0.29, 0.717) is 43.0 Å². The van der Waals surface area contributed by atoms with Gasteiger partial charge in [0.15, 0.2) is 0 Å². The number of carbonyl (C=O) groups is 2. The second-order valence-corrected chi connectivity index (χ2v) is 7.28. The van der Waals surface area contributed by atoms with Crippen LogP contribution in [0.2, 0.25) is 0 Å². The van der Waals surface area contributed by atoms with E-state index in [2.05, 4.69) is 15.6 Å². The maximum absolute atomic E-state index is 14.6. The van der Waals surface area contributed by atoms with Gasteiger partial charge in [-0.3, -0.25) is 4.79 Å². The van der Waals surface area contributed by atoms with Gasteiger partial charge >= 0.3 is 6.03 Å². The molecule has 3 amide bonds. The molecule has 0 bridgehead atoms. The minimum absolute atomic E-state index is 0.0235. The van der Waals surface area contributed by atoms with Gasteiger partial charge in [-0.05, 0) is 31.0 Å². The second kappa shape index (κ2) is 8.62. The fourth-order valence-electron chi connectivity index (χ4n) is 3.68. The van der Waals surface area contributed by atoms with E-state index in [4.69, 9.17) is 4.74 Å². The number of anilines is 1. The van der Waals surface area contributed by atoms with Crippen LogP contribution >= 0.6 is 0 Å². The van der Waals surface area contributed by atoms with E-state index in [1.165, 1.54) is 11.0 Å². The van der Waals surface area contributed by atoms with E-state index in [9.17, 15) is 14.0 Å². The lowest BCUT2D eigenvalue weighted by molar-refractivity contribution is -0.119. The van der Waals surface area contributed by atoms with Crippen LogP contribution in [0.25, 0.3) is 0 Å². The van der Waals surface area contributed by atoms with Gasteiger partial charge in [-0.1, -0.05) is 30.3 Å². The first-order valence-electron chi connectivity index (χ1n) is 9.89. The smallest absolute Gasteiger partial charge is 0.317 e. The Morgan fingerprint density at radius 3 is 2.47 bits per heavy atom. The molecule has 2 aromatic rings. The molecular weight excluding hydrogens is 387 g/mol. The monoisotopic (exact) mass is 410 g/mol. The molecule has 2 heterocycles. The van der Waals surface area contributed by atoms with Gasteiger partial charge in [0.05, 0.1) is 11.4 Å². The maximum atomic E-state index is 14.6. The van der Waals surface area contributed by atoms with E-state index in [1.807, 2.05) is 0 Å². The normalized spacial score (nSPS) is 19.5. The number of para-hydroxylation sites is 1. The number of benzodiazepines with no additional fused rings is 1. The molecule has 0 aliphatic carbocycles. The molecule has 1 saturated heterocycles. The Labute approximate surface area is 173 Å². The first kappa shape index (κ1) is 20.0. The molecule has 8 heteroatoms. The molecule has 0 aromatic heterocycles. The fourth-order valence-corrected chi connectivity index (χ4v) is 3.68. The second-order valence-electron chi connectivity index (χ2n) is 7.28. The zero-order chi connectivity index (χ0) is 21.1. The Kier molecular flexibility index (Phi) is 5.76. The standard InChI is InChI=1S/C22H23FN4O3/c1-27-18-9-5-3-7-16(18)19(15-6-2-4-8-17(15)23)25-20(21(27)28)26-22(29)24-14-10-12-30-13-11-14/h2-9,14,20H,10-13H2,1H3,(H2,24,26,29). The molecule has 0 radical (unpaired) electrons. The van der Waals surface area contributed by atoms with Crippen molar-refractivity contribution in [2.45, 2.75) is 25.0 Å². The Morgan fingerprint density at radius 2 is 1.73 bits per heavy atom. The number of aliphatic imine (C=N–C) groups is 1. The number of amides is 3. The van der Waals surface area contributed by atoms with Crippen molar-refractivity contribution < 1.29 is 18.7 Å². The van der Waals surface area contributed by atoms with E-state index < -0.39 is 23.9 Å². The minimum Gasteiger partial charge on any atom is -0.381 e. The number of rotatable bonds is 3. The SMILES string of the molecule is CN1C(=O)C(NC(=O)NC2CCOCC2)N=C(c2ccccc2F)c2ccccc21. The van der Waals surface area contributed by atoms with Gasteiger partial charge in [-0.25, -0.2) is 14.2 Å². The van der Waals surface area contributed by atoms with E-state index in [1.54, 1.807) is 49.5 Å². The summed E-state index contributed by atoms with van der Waals surface area (Å²) in [6.07, 6.45) is 0.235. The van der Waals surface area contributed by atoms with E-state index in [0.717, 1.165) is 0 Å². The molecule has 2 aromatic carbocycles. The van der Waals surface area contributed by atoms with Gasteiger partial charge in [-0.2, -0.15) is 0 Å². The molecule has 1 atom stereocenters. The molecule has 2 aliphatic heterocycles. The summed E-state index contributed by atoms with van der Waals surface area (Å²) in [5.74, 6) is -0.857. The number of likely N-dealkylation sites (N-methyl/N-ethyl adjacent to an activating group) is 1. The van der Waals surface area contributed by atoms with Crippen molar-refractivity contribution in [2.24, 2.45) is 4.99 Å². The molecule has 30 heavy (non-hydrogen) atoms. The predicted molar refractivity (Wildman–Crippen MR) is 111 cm³/mol. The molecular formula is C22H23FN4O3. The number of hydrogen-bond acceptors (Lipinski definition) is 4. The summed E-state index contributed by atoms with van der Waals surface area (Å²) in [4.78, 5) is 31.5. The van der Waals surface area contributed by atoms with Crippen LogP contribution < -0.4 is 15.5 Å². The number of hydrogen-bond donors (Lipinski definition) is 2. The summed E-state index contributed by atoms with van der Waals surface area (Å²) in [6, 6.07) is 12.9. The van der Waals surface area contributed by atoms with Gasteiger partial charge in [0.25, 0.3) is 5.91 Å². The van der Waals surface area contributed by atoms with Crippen LogP contribution in [0.1, 0.15) is 24.0 Å². The number of urea groups is 1. The van der Waals surface area contributed by atoms with Crippen molar-refractivity contribution in [1.82, 2.24) is 10.6 Å². The minimum atomic E-state index is -1.18. The van der Waals surface area contributed by atoms with Crippen molar-refractivity contribution in [3.05, 3.63) is 65.5 Å². The lowest BCUT2D eigenvalue weighted by atomic mass is 10.00. The highest BCUT2D eigenvalue weighted by Crippen LogP contribution is 2.28. The summed E-state index contributed by atoms with van der Waals surface area (Å²) >= 11 is 0. The summed E-state index contributed by atoms with van der Waals surface area (Å²) in [6.45, 7) is 1.17. The predicted octanol–water partition coefficient (Wildman–Crippen LogP) is 2.44. The number of carbonyl (C=O) groups excluding carboxylic acids is 2. The maximum Gasteiger partial charge on any atom is 0.317 e. The molecule has 1 unspecified atom stereocenters. The Morgan fingerprint density at radius 1 is 1.07 bits per heavy atom. The number of ether oxygens (including phenoxy) is 1. The molecule has 1 fully saturated rings. The molecule has 156 valence electrons. The topological polar surface area (TPSA) is 83.0 Å². The number of fused-ring (bicyclic) bond motifs is 1. The van der Waals surface area contributed by atoms with Crippen LogP contribution in [0, 0.1) is 5.82 Å². The van der Waals surface area contributed by atoms with Crippen LogP contribution in [-0.4, -0.2) is 50.1 Å². The number of nitrogens with one attached hydrogen (secondary N) is 2. The van der Waals surface area contributed by atoms with Crippen molar-refractivity contribution in [1.29, 1.82) is 0 Å². The van der Waals surface area contributed by atoms with Gasteiger partial charge < -0.3 is 20.3 Å². The van der Waals surface area contributed by atoms with Gasteiger partial charge in [0.2, 0.25) is 6.17 Å². The lowest BCUT2D eigenvalue weighted by Crippen LogP contribution is -2.52.